The molecule has 0 N–H and O–H groups in total. The number of nitrogens with zero attached hydrogens (tertiary/aromatic N) is 1. The van der Waals surface area contributed by atoms with Gasteiger partial charge in [-0.15, -0.1) is 0 Å². The van der Waals surface area contributed by atoms with Crippen molar-refractivity contribution in [2.75, 3.05) is 4.90 Å². The summed E-state index contributed by atoms with van der Waals surface area (Å²) in [6, 6.07) is 62.0. The van der Waals surface area contributed by atoms with Crippen molar-refractivity contribution >= 4 is 71.7 Å². The zero-order chi connectivity index (χ0) is 32.3. The molecule has 0 unspecified atom stereocenters. The Kier molecular flexibility index (Phi) is 6.18. The van der Waals surface area contributed by atoms with E-state index < -0.39 is 0 Å². The lowest BCUT2D eigenvalue weighted by atomic mass is 9.95. The number of anilines is 3. The molecule has 2 heterocycles. The van der Waals surface area contributed by atoms with Crippen LogP contribution in [0, 0.1) is 0 Å². The van der Waals surface area contributed by atoms with E-state index in [9.17, 15) is 0 Å². The molecule has 10 rings (SSSR count). The largest absolute Gasteiger partial charge is 0.456 e. The van der Waals surface area contributed by atoms with Crippen molar-refractivity contribution < 1.29 is 8.83 Å². The lowest BCUT2D eigenvalue weighted by molar-refractivity contribution is 0.669. The summed E-state index contributed by atoms with van der Waals surface area (Å²) >= 11 is 0. The van der Waals surface area contributed by atoms with Crippen molar-refractivity contribution in [3.63, 3.8) is 0 Å². The standard InChI is InChI=1S/C46H29NO2/c1-2-13-30(14-3-1)35-18-6-9-22-41(35)47(34-25-26-38-37-20-7-10-23-42(37)48-44(38)29-34)33-17-12-16-31(27-33)40-28-32-15-4-5-19-36(32)45-39-21-8-11-24-43(39)49-46(40)45/h1-29H. The van der Waals surface area contributed by atoms with E-state index in [1.165, 1.54) is 10.8 Å². The first kappa shape index (κ1) is 27.5. The highest BCUT2D eigenvalue weighted by molar-refractivity contribution is 6.22. The smallest absolute Gasteiger partial charge is 0.143 e. The predicted octanol–water partition coefficient (Wildman–Crippen LogP) is 13.4. The molecule has 3 nitrogen and oxygen atoms in total. The van der Waals surface area contributed by atoms with E-state index in [0.717, 1.165) is 83.2 Å². The van der Waals surface area contributed by atoms with Crippen molar-refractivity contribution in [1.82, 2.24) is 0 Å². The van der Waals surface area contributed by atoms with Crippen LogP contribution in [0.25, 0.3) is 76.9 Å². The number of furan rings is 2. The number of hydrogen-bond acceptors (Lipinski definition) is 3. The molecule has 0 aliphatic carbocycles. The summed E-state index contributed by atoms with van der Waals surface area (Å²) in [6.45, 7) is 0. The molecule has 0 spiro atoms. The van der Waals surface area contributed by atoms with E-state index in [0.29, 0.717) is 0 Å². The number of hydrogen-bond donors (Lipinski definition) is 0. The third kappa shape index (κ3) is 4.44. The van der Waals surface area contributed by atoms with Gasteiger partial charge in [-0.3, -0.25) is 0 Å². The average Bonchev–Trinajstić information content (AvgIpc) is 3.74. The van der Waals surface area contributed by atoms with E-state index in [1.807, 2.05) is 18.2 Å². The monoisotopic (exact) mass is 627 g/mol. The van der Waals surface area contributed by atoms with Crippen LogP contribution in [0.15, 0.2) is 185 Å². The topological polar surface area (TPSA) is 29.5 Å². The van der Waals surface area contributed by atoms with Gasteiger partial charge >= 0.3 is 0 Å². The van der Waals surface area contributed by atoms with Crippen LogP contribution < -0.4 is 4.90 Å². The van der Waals surface area contributed by atoms with Gasteiger partial charge in [-0.1, -0.05) is 121 Å². The van der Waals surface area contributed by atoms with Crippen molar-refractivity contribution in [3.05, 3.63) is 176 Å². The second-order valence-corrected chi connectivity index (χ2v) is 12.5. The summed E-state index contributed by atoms with van der Waals surface area (Å²) < 4.78 is 13.0. The molecule has 0 aliphatic rings. The summed E-state index contributed by atoms with van der Waals surface area (Å²) in [4.78, 5) is 2.34. The zero-order valence-corrected chi connectivity index (χ0v) is 26.5. The summed E-state index contributed by atoms with van der Waals surface area (Å²) in [5.41, 5.74) is 11.1. The highest BCUT2D eigenvalue weighted by Crippen LogP contribution is 2.45. The molecular formula is C46H29NO2. The summed E-state index contributed by atoms with van der Waals surface area (Å²) in [5, 5.41) is 6.88. The fourth-order valence-corrected chi connectivity index (χ4v) is 7.41. The number of fused-ring (bicyclic) bond motifs is 8. The van der Waals surface area contributed by atoms with Gasteiger partial charge in [0.25, 0.3) is 0 Å². The van der Waals surface area contributed by atoms with Gasteiger partial charge in [-0.25, -0.2) is 0 Å². The van der Waals surface area contributed by atoms with Crippen molar-refractivity contribution in [3.8, 4) is 22.3 Å². The predicted molar refractivity (Wildman–Crippen MR) is 204 cm³/mol. The Bertz CT molecular complexity index is 2840. The molecule has 8 aromatic carbocycles. The van der Waals surface area contributed by atoms with E-state index in [4.69, 9.17) is 8.83 Å². The molecule has 0 atom stereocenters. The molecular weight excluding hydrogens is 599 g/mol. The Morgan fingerprint density at radius 3 is 1.90 bits per heavy atom. The van der Waals surface area contributed by atoms with Gasteiger partial charge in [0.15, 0.2) is 0 Å². The first-order valence-corrected chi connectivity index (χ1v) is 16.6. The molecule has 2 aromatic heterocycles. The van der Waals surface area contributed by atoms with Gasteiger partial charge in [0.2, 0.25) is 0 Å². The average molecular weight is 628 g/mol. The molecule has 0 radical (unpaired) electrons. The van der Waals surface area contributed by atoms with Gasteiger partial charge in [0.1, 0.15) is 22.3 Å². The van der Waals surface area contributed by atoms with Crippen LogP contribution in [-0.4, -0.2) is 0 Å². The molecule has 0 saturated carbocycles. The molecule has 0 amide bonds. The molecule has 10 aromatic rings. The Balaban J connectivity index is 1.22. The summed E-state index contributed by atoms with van der Waals surface area (Å²) in [6.07, 6.45) is 0. The maximum Gasteiger partial charge on any atom is 0.143 e. The number of rotatable bonds is 5. The quantitative estimate of drug-likeness (QED) is 0.190. The first-order valence-electron chi connectivity index (χ1n) is 16.6. The minimum absolute atomic E-state index is 0.857. The highest BCUT2D eigenvalue weighted by Gasteiger charge is 2.21. The second kappa shape index (κ2) is 11.0. The molecule has 230 valence electrons. The van der Waals surface area contributed by atoms with Crippen LogP contribution in [0.3, 0.4) is 0 Å². The molecule has 0 saturated heterocycles. The Morgan fingerprint density at radius 1 is 0.367 bits per heavy atom. The Labute approximate surface area is 282 Å². The highest BCUT2D eigenvalue weighted by atomic mass is 16.3. The molecule has 0 fully saturated rings. The molecule has 0 bridgehead atoms. The Hall–Kier alpha value is -6.58. The van der Waals surface area contributed by atoms with Gasteiger partial charge in [-0.2, -0.15) is 0 Å². The Morgan fingerprint density at radius 2 is 1.02 bits per heavy atom. The van der Waals surface area contributed by atoms with Gasteiger partial charge < -0.3 is 13.7 Å². The third-order valence-corrected chi connectivity index (χ3v) is 9.64. The van der Waals surface area contributed by atoms with E-state index >= 15 is 0 Å². The third-order valence-electron chi connectivity index (χ3n) is 9.64. The van der Waals surface area contributed by atoms with Gasteiger partial charge in [0, 0.05) is 50.1 Å². The normalized spacial score (nSPS) is 11.7. The zero-order valence-electron chi connectivity index (χ0n) is 26.5. The van der Waals surface area contributed by atoms with Crippen LogP contribution >= 0.6 is 0 Å². The molecule has 3 heteroatoms. The van der Waals surface area contributed by atoms with Crippen LogP contribution in [0.2, 0.25) is 0 Å². The number of benzene rings is 8. The maximum atomic E-state index is 6.64. The number of para-hydroxylation sites is 3. The SMILES string of the molecule is c1ccc(-c2ccccc2N(c2cccc(-c3cc4ccccc4c4c3oc3ccccc34)c2)c2ccc3c(c2)oc2ccccc23)cc1. The fraction of sp³-hybridized carbons (Fsp3) is 0. The van der Waals surface area contributed by atoms with Crippen LogP contribution in [0.5, 0.6) is 0 Å². The van der Waals surface area contributed by atoms with Crippen LogP contribution in [0.4, 0.5) is 17.1 Å². The van der Waals surface area contributed by atoms with Crippen molar-refractivity contribution in [2.45, 2.75) is 0 Å². The van der Waals surface area contributed by atoms with Crippen molar-refractivity contribution in [1.29, 1.82) is 0 Å². The van der Waals surface area contributed by atoms with Gasteiger partial charge in [-0.05, 0) is 70.4 Å². The maximum absolute atomic E-state index is 6.64. The van der Waals surface area contributed by atoms with Crippen LogP contribution in [-0.2, 0) is 0 Å². The van der Waals surface area contributed by atoms with E-state index in [1.54, 1.807) is 0 Å². The summed E-state index contributed by atoms with van der Waals surface area (Å²) in [5.74, 6) is 0. The van der Waals surface area contributed by atoms with E-state index in [2.05, 4.69) is 163 Å². The minimum atomic E-state index is 0.857. The first-order chi connectivity index (χ1) is 24.3. The fourth-order valence-electron chi connectivity index (χ4n) is 7.41. The van der Waals surface area contributed by atoms with Gasteiger partial charge in [0.05, 0.1) is 5.69 Å². The lowest BCUT2D eigenvalue weighted by Crippen LogP contribution is -2.11. The summed E-state index contributed by atoms with van der Waals surface area (Å²) in [7, 11) is 0. The molecule has 49 heavy (non-hydrogen) atoms. The minimum Gasteiger partial charge on any atom is -0.456 e. The molecule has 0 aliphatic heterocycles. The van der Waals surface area contributed by atoms with Crippen LogP contribution in [0.1, 0.15) is 0 Å². The lowest BCUT2D eigenvalue weighted by Gasteiger charge is -2.28. The second-order valence-electron chi connectivity index (χ2n) is 12.5. The van der Waals surface area contributed by atoms with Crippen molar-refractivity contribution in [2.24, 2.45) is 0 Å². The van der Waals surface area contributed by atoms with E-state index in [-0.39, 0.29) is 0 Å².